The molecule has 3 rings (SSSR count). The van der Waals surface area contributed by atoms with E-state index in [9.17, 15) is 13.5 Å². The van der Waals surface area contributed by atoms with Gasteiger partial charge in [-0.25, -0.2) is 8.42 Å². The van der Waals surface area contributed by atoms with Crippen molar-refractivity contribution in [1.29, 1.82) is 0 Å². The van der Waals surface area contributed by atoms with Crippen LogP contribution in [0.4, 0.5) is 0 Å². The third kappa shape index (κ3) is 5.69. The van der Waals surface area contributed by atoms with Crippen molar-refractivity contribution in [3.05, 3.63) is 42.5 Å². The summed E-state index contributed by atoms with van der Waals surface area (Å²) in [6.45, 7) is 7.53. The summed E-state index contributed by atoms with van der Waals surface area (Å²) < 4.78 is 40.3. The molecule has 7 nitrogen and oxygen atoms in total. The lowest BCUT2D eigenvalue weighted by Gasteiger charge is -2.37. The van der Waals surface area contributed by atoms with E-state index in [-0.39, 0.29) is 30.1 Å². The molecule has 0 amide bonds. The molecule has 0 saturated heterocycles. The molecule has 2 aromatic rings. The van der Waals surface area contributed by atoms with Crippen molar-refractivity contribution in [1.82, 2.24) is 9.21 Å². The molecular weight excluding hydrogens is 440 g/mol. The Bertz CT molecular complexity index is 1030. The first-order chi connectivity index (χ1) is 15.7. The molecule has 33 heavy (non-hydrogen) atoms. The standard InChI is InChI=1S/C25H36N2O5S/c1-6-13-26(4)16-24-18(2)15-27(19(3)17-28)33(29,30)25-12-9-21(14-23(25)32-24)20-7-10-22(31-5)11-8-20/h7-12,14,18-19,24,28H,6,13,15-17H2,1-5H3/t18-,19+,24-/m0/s1. The summed E-state index contributed by atoms with van der Waals surface area (Å²) >= 11 is 0. The van der Waals surface area contributed by atoms with Gasteiger partial charge < -0.3 is 19.5 Å². The number of likely N-dealkylation sites (N-methyl/N-ethyl adjacent to an activating group) is 1. The number of fused-ring (bicyclic) bond motifs is 1. The number of hydrogen-bond donors (Lipinski definition) is 1. The molecule has 1 N–H and O–H groups in total. The Labute approximate surface area is 198 Å². The molecular formula is C25H36N2O5S. The molecule has 8 heteroatoms. The smallest absolute Gasteiger partial charge is 0.247 e. The summed E-state index contributed by atoms with van der Waals surface area (Å²) in [5.74, 6) is 1.04. The predicted molar refractivity (Wildman–Crippen MR) is 130 cm³/mol. The van der Waals surface area contributed by atoms with Crippen LogP contribution in [0.15, 0.2) is 47.4 Å². The van der Waals surface area contributed by atoms with Crippen LogP contribution in [-0.2, 0) is 10.0 Å². The molecule has 3 atom stereocenters. The number of aliphatic hydroxyl groups excluding tert-OH is 1. The minimum Gasteiger partial charge on any atom is -0.497 e. The van der Waals surface area contributed by atoms with Gasteiger partial charge in [-0.05, 0) is 62.3 Å². The molecule has 2 aromatic carbocycles. The van der Waals surface area contributed by atoms with Crippen molar-refractivity contribution in [3.8, 4) is 22.6 Å². The summed E-state index contributed by atoms with van der Waals surface area (Å²) in [6.07, 6.45) is 0.827. The molecule has 0 bridgehead atoms. The molecule has 0 fully saturated rings. The predicted octanol–water partition coefficient (Wildman–Crippen LogP) is 3.47. The van der Waals surface area contributed by atoms with Crippen molar-refractivity contribution >= 4 is 10.0 Å². The van der Waals surface area contributed by atoms with Gasteiger partial charge in [0.25, 0.3) is 0 Å². The maximum atomic E-state index is 13.6. The van der Waals surface area contributed by atoms with Crippen LogP contribution in [0.1, 0.15) is 27.2 Å². The van der Waals surface area contributed by atoms with Crippen molar-refractivity contribution < 1.29 is 23.0 Å². The van der Waals surface area contributed by atoms with Crippen molar-refractivity contribution in [2.75, 3.05) is 40.4 Å². The summed E-state index contributed by atoms with van der Waals surface area (Å²) in [6, 6.07) is 12.3. The average Bonchev–Trinajstić information content (AvgIpc) is 2.80. The van der Waals surface area contributed by atoms with Crippen molar-refractivity contribution in [2.24, 2.45) is 5.92 Å². The summed E-state index contributed by atoms with van der Waals surface area (Å²) in [4.78, 5) is 2.35. The molecule has 1 heterocycles. The van der Waals surface area contributed by atoms with Gasteiger partial charge in [0.2, 0.25) is 10.0 Å². The van der Waals surface area contributed by atoms with Gasteiger partial charge in [-0.2, -0.15) is 4.31 Å². The minimum absolute atomic E-state index is 0.0640. The van der Waals surface area contributed by atoms with Gasteiger partial charge in [0.1, 0.15) is 22.5 Å². The van der Waals surface area contributed by atoms with Crippen LogP contribution < -0.4 is 9.47 Å². The number of rotatable bonds is 8. The number of aliphatic hydroxyl groups is 1. The van der Waals surface area contributed by atoms with Crippen LogP contribution in [0, 0.1) is 5.92 Å². The maximum Gasteiger partial charge on any atom is 0.247 e. The molecule has 0 saturated carbocycles. The first kappa shape index (κ1) is 25.5. The Morgan fingerprint density at radius 1 is 1.21 bits per heavy atom. The quantitative estimate of drug-likeness (QED) is 0.629. The lowest BCUT2D eigenvalue weighted by atomic mass is 10.0. The van der Waals surface area contributed by atoms with E-state index >= 15 is 0 Å². The zero-order valence-corrected chi connectivity index (χ0v) is 21.0. The van der Waals surface area contributed by atoms with E-state index in [4.69, 9.17) is 9.47 Å². The summed E-state index contributed by atoms with van der Waals surface area (Å²) in [7, 11) is -0.170. The Balaban J connectivity index is 2.09. The van der Waals surface area contributed by atoms with Gasteiger partial charge in [0.15, 0.2) is 0 Å². The highest BCUT2D eigenvalue weighted by atomic mass is 32.2. The van der Waals surface area contributed by atoms with Gasteiger partial charge in [0, 0.05) is 25.0 Å². The maximum absolute atomic E-state index is 13.6. The van der Waals surface area contributed by atoms with E-state index in [0.717, 1.165) is 29.8 Å². The van der Waals surface area contributed by atoms with Gasteiger partial charge >= 0.3 is 0 Å². The Morgan fingerprint density at radius 3 is 2.48 bits per heavy atom. The first-order valence-electron chi connectivity index (χ1n) is 11.5. The van der Waals surface area contributed by atoms with Gasteiger partial charge in [-0.1, -0.05) is 32.0 Å². The number of nitrogens with zero attached hydrogens (tertiary/aromatic N) is 2. The molecule has 0 aromatic heterocycles. The number of methoxy groups -OCH3 is 1. The van der Waals surface area contributed by atoms with E-state index in [0.29, 0.717) is 12.3 Å². The molecule has 1 aliphatic heterocycles. The average molecular weight is 477 g/mol. The van der Waals surface area contributed by atoms with Crippen LogP contribution in [0.25, 0.3) is 11.1 Å². The van der Waals surface area contributed by atoms with E-state index in [1.54, 1.807) is 32.2 Å². The summed E-state index contributed by atoms with van der Waals surface area (Å²) in [5, 5.41) is 9.78. The largest absolute Gasteiger partial charge is 0.497 e. The first-order valence-corrected chi connectivity index (χ1v) is 12.9. The lowest BCUT2D eigenvalue weighted by Crippen LogP contribution is -2.49. The molecule has 0 aliphatic carbocycles. The second kappa shape index (κ2) is 10.9. The monoisotopic (exact) mass is 476 g/mol. The van der Waals surface area contributed by atoms with Crippen molar-refractivity contribution in [3.63, 3.8) is 0 Å². The summed E-state index contributed by atoms with van der Waals surface area (Å²) in [5.41, 5.74) is 1.80. The van der Waals surface area contributed by atoms with E-state index in [1.165, 1.54) is 4.31 Å². The molecule has 0 radical (unpaired) electrons. The van der Waals surface area contributed by atoms with E-state index in [1.807, 2.05) is 31.2 Å². The number of hydrogen-bond acceptors (Lipinski definition) is 6. The van der Waals surface area contributed by atoms with Crippen LogP contribution in [-0.4, -0.2) is 75.3 Å². The molecule has 0 spiro atoms. The van der Waals surface area contributed by atoms with E-state index in [2.05, 4.69) is 18.9 Å². The SMILES string of the molecule is CCCN(C)C[C@@H]1Oc2cc(-c3ccc(OC)cc3)ccc2S(=O)(=O)N([C@H](C)CO)C[C@@H]1C. The Kier molecular flexibility index (Phi) is 8.39. The van der Waals surface area contributed by atoms with Crippen LogP contribution >= 0.6 is 0 Å². The lowest BCUT2D eigenvalue weighted by molar-refractivity contribution is 0.0753. The molecule has 182 valence electrons. The van der Waals surface area contributed by atoms with Crippen LogP contribution in [0.3, 0.4) is 0 Å². The molecule has 1 aliphatic rings. The highest BCUT2D eigenvalue weighted by molar-refractivity contribution is 7.89. The van der Waals surface area contributed by atoms with Gasteiger partial charge in [-0.3, -0.25) is 0 Å². The second-order valence-electron chi connectivity index (χ2n) is 8.89. The zero-order chi connectivity index (χ0) is 24.2. The normalized spacial score (nSPS) is 21.5. The number of sulfonamides is 1. The van der Waals surface area contributed by atoms with E-state index < -0.39 is 16.1 Å². The number of benzene rings is 2. The molecule has 0 unspecified atom stereocenters. The fraction of sp³-hybridized carbons (Fsp3) is 0.520. The minimum atomic E-state index is -3.84. The van der Waals surface area contributed by atoms with Gasteiger partial charge in [0.05, 0.1) is 13.7 Å². The van der Waals surface area contributed by atoms with Gasteiger partial charge in [-0.15, -0.1) is 0 Å². The second-order valence-corrected chi connectivity index (χ2v) is 10.8. The van der Waals surface area contributed by atoms with Crippen LogP contribution in [0.2, 0.25) is 0 Å². The van der Waals surface area contributed by atoms with Crippen molar-refractivity contribution in [2.45, 2.75) is 44.2 Å². The fourth-order valence-corrected chi connectivity index (χ4v) is 6.01. The van der Waals surface area contributed by atoms with Crippen LogP contribution in [0.5, 0.6) is 11.5 Å². The fourth-order valence-electron chi connectivity index (χ4n) is 4.19. The Hall–Kier alpha value is -2.13. The number of ether oxygens (including phenoxy) is 2. The third-order valence-corrected chi connectivity index (χ3v) is 8.21. The highest BCUT2D eigenvalue weighted by Crippen LogP contribution is 2.36. The topological polar surface area (TPSA) is 79.3 Å². The highest BCUT2D eigenvalue weighted by Gasteiger charge is 2.38. The Morgan fingerprint density at radius 2 is 1.88 bits per heavy atom. The zero-order valence-electron chi connectivity index (χ0n) is 20.2. The third-order valence-electron chi connectivity index (χ3n) is 6.19.